The Hall–Kier alpha value is -1.84. The summed E-state index contributed by atoms with van der Waals surface area (Å²) in [5, 5.41) is 18.0. The van der Waals surface area contributed by atoms with Gasteiger partial charge in [0.05, 0.1) is 6.04 Å². The van der Waals surface area contributed by atoms with Crippen molar-refractivity contribution in [3.8, 4) is 0 Å². The van der Waals surface area contributed by atoms with E-state index in [1.54, 1.807) is 0 Å². The van der Waals surface area contributed by atoms with Crippen LogP contribution in [0.5, 0.6) is 0 Å². The van der Waals surface area contributed by atoms with Crippen LogP contribution in [0.2, 0.25) is 0 Å². The maximum Gasteiger partial charge on any atom is 0.331 e. The van der Waals surface area contributed by atoms with Crippen molar-refractivity contribution >= 4 is 23.5 Å². The molecule has 0 aromatic rings. The number of aliphatic carboxylic acids is 2. The fourth-order valence-corrected chi connectivity index (χ4v) is 1.87. The molecule has 3 unspecified atom stereocenters. The fourth-order valence-electron chi connectivity index (χ4n) is 1.87. The summed E-state index contributed by atoms with van der Waals surface area (Å²) in [4.78, 5) is 46.0. The number of hydrogen-bond acceptors (Lipinski definition) is 7. The van der Waals surface area contributed by atoms with Gasteiger partial charge in [0, 0.05) is 6.42 Å². The van der Waals surface area contributed by atoms with Crippen LogP contribution in [0.25, 0.3) is 0 Å². The summed E-state index contributed by atoms with van der Waals surface area (Å²) in [6.07, 6.45) is -0.859. The Morgan fingerprint density at radius 3 is 1.68 bits per heavy atom. The lowest BCUT2D eigenvalue weighted by Crippen LogP contribution is -2.60. The molecule has 0 aliphatic heterocycles. The highest BCUT2D eigenvalue weighted by Crippen LogP contribution is 2.16. The predicted molar refractivity (Wildman–Crippen MR) is 76.9 cm³/mol. The zero-order chi connectivity index (χ0) is 17.7. The zero-order valence-corrected chi connectivity index (χ0v) is 12.7. The standard InChI is InChI=1S/C13H23N3O6/c1-3-12(15,10(19)20)8(17)6-5-7(14)9(18)13(16,4-2)11(21)22/h7H,3-6,14-16H2,1-2H3,(H,19,20)(H,21,22). The summed E-state index contributed by atoms with van der Waals surface area (Å²) in [7, 11) is 0. The van der Waals surface area contributed by atoms with Gasteiger partial charge in [-0.05, 0) is 19.3 Å². The van der Waals surface area contributed by atoms with Crippen LogP contribution in [0.15, 0.2) is 0 Å². The molecule has 22 heavy (non-hydrogen) atoms. The molecule has 0 fully saturated rings. The first kappa shape index (κ1) is 20.2. The van der Waals surface area contributed by atoms with Crippen LogP contribution in [0, 0.1) is 0 Å². The average Bonchev–Trinajstić information content (AvgIpc) is 2.48. The van der Waals surface area contributed by atoms with Crippen molar-refractivity contribution in [1.29, 1.82) is 0 Å². The minimum absolute atomic E-state index is 0.116. The van der Waals surface area contributed by atoms with Crippen LogP contribution in [0.4, 0.5) is 0 Å². The molecular weight excluding hydrogens is 294 g/mol. The van der Waals surface area contributed by atoms with Crippen molar-refractivity contribution in [2.75, 3.05) is 0 Å². The Bertz CT molecular complexity index is 480. The molecular formula is C13H23N3O6. The topological polar surface area (TPSA) is 187 Å². The average molecular weight is 317 g/mol. The Morgan fingerprint density at radius 1 is 0.955 bits per heavy atom. The second kappa shape index (κ2) is 7.43. The molecule has 0 aliphatic rings. The van der Waals surface area contributed by atoms with Crippen LogP contribution < -0.4 is 17.2 Å². The monoisotopic (exact) mass is 317 g/mol. The van der Waals surface area contributed by atoms with Crippen LogP contribution in [0.1, 0.15) is 39.5 Å². The van der Waals surface area contributed by atoms with Gasteiger partial charge in [-0.3, -0.25) is 9.59 Å². The molecule has 0 rings (SSSR count). The molecule has 9 nitrogen and oxygen atoms in total. The summed E-state index contributed by atoms with van der Waals surface area (Å²) >= 11 is 0. The van der Waals surface area contributed by atoms with Crippen LogP contribution in [-0.2, 0) is 19.2 Å². The van der Waals surface area contributed by atoms with Crippen molar-refractivity contribution in [1.82, 2.24) is 0 Å². The summed E-state index contributed by atoms with van der Waals surface area (Å²) in [5.41, 5.74) is 12.5. The van der Waals surface area contributed by atoms with Gasteiger partial charge in [-0.2, -0.15) is 0 Å². The Balaban J connectivity index is 4.93. The fraction of sp³-hybridized carbons (Fsp3) is 0.692. The van der Waals surface area contributed by atoms with Gasteiger partial charge < -0.3 is 27.4 Å². The molecule has 0 aliphatic carbocycles. The van der Waals surface area contributed by atoms with Crippen molar-refractivity contribution in [3.63, 3.8) is 0 Å². The normalized spacial score (nSPS) is 17.9. The Kier molecular flexibility index (Phi) is 6.81. The van der Waals surface area contributed by atoms with Crippen molar-refractivity contribution in [2.45, 2.75) is 56.7 Å². The SMILES string of the molecule is CCC(N)(C(=O)O)C(=O)CCC(N)C(=O)C(N)(CC)C(=O)O. The van der Waals surface area contributed by atoms with Crippen molar-refractivity contribution in [3.05, 3.63) is 0 Å². The van der Waals surface area contributed by atoms with Gasteiger partial charge in [-0.15, -0.1) is 0 Å². The van der Waals surface area contributed by atoms with E-state index in [-0.39, 0.29) is 25.7 Å². The number of carboxylic acids is 2. The quantitative estimate of drug-likeness (QED) is 0.302. The van der Waals surface area contributed by atoms with E-state index < -0.39 is 40.6 Å². The van der Waals surface area contributed by atoms with Gasteiger partial charge in [-0.1, -0.05) is 13.8 Å². The van der Waals surface area contributed by atoms with E-state index in [9.17, 15) is 19.2 Å². The smallest absolute Gasteiger partial charge is 0.331 e. The second-order valence-corrected chi connectivity index (χ2v) is 5.19. The molecule has 0 aromatic carbocycles. The van der Waals surface area contributed by atoms with E-state index in [1.165, 1.54) is 13.8 Å². The lowest BCUT2D eigenvalue weighted by molar-refractivity contribution is -0.149. The highest BCUT2D eigenvalue weighted by molar-refractivity contribution is 6.10. The third kappa shape index (κ3) is 3.87. The number of carbonyl (C=O) groups is 4. The summed E-state index contributed by atoms with van der Waals surface area (Å²) in [6, 6.07) is -1.29. The molecule has 3 atom stereocenters. The highest BCUT2D eigenvalue weighted by Gasteiger charge is 2.44. The maximum atomic E-state index is 12.0. The predicted octanol–water partition coefficient (Wildman–Crippen LogP) is -1.38. The molecule has 0 bridgehead atoms. The van der Waals surface area contributed by atoms with Crippen LogP contribution in [0.3, 0.4) is 0 Å². The first-order valence-corrected chi connectivity index (χ1v) is 6.85. The summed E-state index contributed by atoms with van der Waals surface area (Å²) < 4.78 is 0. The number of ketones is 2. The molecule has 0 spiro atoms. The second-order valence-electron chi connectivity index (χ2n) is 5.19. The van der Waals surface area contributed by atoms with Gasteiger partial charge in [0.15, 0.2) is 22.6 Å². The van der Waals surface area contributed by atoms with Crippen LogP contribution >= 0.6 is 0 Å². The van der Waals surface area contributed by atoms with E-state index in [1.807, 2.05) is 0 Å². The zero-order valence-electron chi connectivity index (χ0n) is 12.7. The molecule has 0 amide bonds. The highest BCUT2D eigenvalue weighted by atomic mass is 16.4. The van der Waals surface area contributed by atoms with Gasteiger partial charge in [-0.25, -0.2) is 9.59 Å². The van der Waals surface area contributed by atoms with E-state index in [4.69, 9.17) is 27.4 Å². The number of hydrogen-bond donors (Lipinski definition) is 5. The van der Waals surface area contributed by atoms with Crippen molar-refractivity contribution < 1.29 is 29.4 Å². The Labute approximate surface area is 127 Å². The molecule has 0 radical (unpaired) electrons. The molecule has 0 saturated heterocycles. The minimum atomic E-state index is -2.13. The van der Waals surface area contributed by atoms with Gasteiger partial charge in [0.2, 0.25) is 0 Å². The number of rotatable bonds is 10. The lowest BCUT2D eigenvalue weighted by atomic mass is 9.84. The van der Waals surface area contributed by atoms with E-state index in [0.717, 1.165) is 0 Å². The molecule has 0 saturated carbocycles. The van der Waals surface area contributed by atoms with E-state index >= 15 is 0 Å². The van der Waals surface area contributed by atoms with Gasteiger partial charge in [0.1, 0.15) is 0 Å². The van der Waals surface area contributed by atoms with E-state index in [2.05, 4.69) is 0 Å². The lowest BCUT2D eigenvalue weighted by Gasteiger charge is -2.26. The molecule has 8 N–H and O–H groups in total. The number of carbonyl (C=O) groups excluding carboxylic acids is 2. The third-order valence-corrected chi connectivity index (χ3v) is 3.84. The number of carboxylic acid groups (broad SMARTS) is 2. The molecule has 9 heteroatoms. The number of nitrogens with two attached hydrogens (primary N) is 3. The summed E-state index contributed by atoms with van der Waals surface area (Å²) in [6.45, 7) is 2.87. The largest absolute Gasteiger partial charge is 0.480 e. The minimum Gasteiger partial charge on any atom is -0.480 e. The third-order valence-electron chi connectivity index (χ3n) is 3.84. The molecule has 0 heterocycles. The number of Topliss-reactive ketones (excluding diaryl/α,β-unsaturated/α-hetero) is 2. The van der Waals surface area contributed by atoms with E-state index in [0.29, 0.717) is 0 Å². The van der Waals surface area contributed by atoms with Crippen LogP contribution in [-0.4, -0.2) is 50.8 Å². The van der Waals surface area contributed by atoms with Gasteiger partial charge >= 0.3 is 11.9 Å². The Morgan fingerprint density at radius 2 is 1.36 bits per heavy atom. The summed E-state index contributed by atoms with van der Waals surface area (Å²) in [5.74, 6) is -4.66. The first-order chi connectivity index (χ1) is 9.97. The molecule has 0 aromatic heterocycles. The van der Waals surface area contributed by atoms with Crippen molar-refractivity contribution in [2.24, 2.45) is 17.2 Å². The van der Waals surface area contributed by atoms with Gasteiger partial charge in [0.25, 0.3) is 0 Å². The first-order valence-electron chi connectivity index (χ1n) is 6.85. The maximum absolute atomic E-state index is 12.0. The molecule has 126 valence electrons.